The van der Waals surface area contributed by atoms with Gasteiger partial charge in [-0.2, -0.15) is 83.1 Å². The first-order valence-corrected chi connectivity index (χ1v) is 12.9. The van der Waals surface area contributed by atoms with Gasteiger partial charge in [-0.05, 0) is 25.6 Å². The molecule has 0 aliphatic rings. The highest BCUT2D eigenvalue weighted by molar-refractivity contribution is 7.87. The molecule has 0 fully saturated rings. The molecule has 234 valence electrons. The van der Waals surface area contributed by atoms with Crippen LogP contribution < -0.4 is 21.6 Å². The number of hydrogen-bond donors (Lipinski definition) is 0. The van der Waals surface area contributed by atoms with E-state index in [0.29, 0.717) is 5.56 Å². The zero-order valence-electron chi connectivity index (χ0n) is 19.2. The molecule has 0 aliphatic heterocycles. The van der Waals surface area contributed by atoms with Crippen LogP contribution in [0.2, 0.25) is 0 Å². The van der Waals surface area contributed by atoms with Gasteiger partial charge in [0.15, 0.2) is 0 Å². The van der Waals surface area contributed by atoms with Crippen LogP contribution in [-0.4, -0.2) is 55.4 Å². The Morgan fingerprint density at radius 2 is 0.875 bits per heavy atom. The van der Waals surface area contributed by atoms with Crippen LogP contribution in [0.5, 0.6) is 0 Å². The highest BCUT2D eigenvalue weighted by Crippen LogP contribution is 2.64. The van der Waals surface area contributed by atoms with Crippen molar-refractivity contribution in [1.29, 1.82) is 0 Å². The van der Waals surface area contributed by atoms with Crippen LogP contribution in [0.25, 0.3) is 0 Å². The number of halogens is 18. The summed E-state index contributed by atoms with van der Waals surface area (Å²) in [5, 5.41) is -7.67. The van der Waals surface area contributed by atoms with E-state index in [1.807, 2.05) is 0 Å². The lowest BCUT2D eigenvalue weighted by Crippen LogP contribution is -3.62. The summed E-state index contributed by atoms with van der Waals surface area (Å²) >= 11 is -2.89. The zero-order chi connectivity index (χ0) is 32.4. The molecule has 1 rings (SSSR count). The number of rotatable bonds is 10. The van der Waals surface area contributed by atoms with E-state index in [1.54, 1.807) is 20.8 Å². The summed E-state index contributed by atoms with van der Waals surface area (Å²) in [6.45, 7) is 5.00. The van der Waals surface area contributed by atoms with Gasteiger partial charge in [0.05, 0.1) is 0 Å². The second-order valence-electron chi connectivity index (χ2n) is 8.81. The van der Waals surface area contributed by atoms with Gasteiger partial charge >= 0.3 is 78.7 Å². The SMILES string of the molecule is CC(C)(C)c1ccc([I+]OS(=O)(=O)C(F)(F)C(F)(F)C(F)(F)C(F)(F)C(F)(F)C(F)(F)C(F)(F)C(F)(F)F)cc1. The van der Waals surface area contributed by atoms with E-state index in [0.717, 1.165) is 12.1 Å². The summed E-state index contributed by atoms with van der Waals surface area (Å²) in [5.74, 6) is -51.8. The van der Waals surface area contributed by atoms with Crippen molar-refractivity contribution in [1.82, 2.24) is 0 Å². The summed E-state index contributed by atoms with van der Waals surface area (Å²) in [5.41, 5.74) is -0.0193. The van der Waals surface area contributed by atoms with Crippen molar-refractivity contribution >= 4 is 10.1 Å². The predicted octanol–water partition coefficient (Wildman–Crippen LogP) is 4.47. The minimum Gasteiger partial charge on any atom is -0.192 e. The fourth-order valence-electron chi connectivity index (χ4n) is 2.43. The van der Waals surface area contributed by atoms with Gasteiger partial charge in [-0.25, -0.2) is 0 Å². The fourth-order valence-corrected chi connectivity index (χ4v) is 5.77. The molecular weight excluding hydrogens is 746 g/mol. The highest BCUT2D eigenvalue weighted by Gasteiger charge is 2.96. The van der Waals surface area contributed by atoms with Crippen LogP contribution in [0, 0.1) is 3.57 Å². The molecule has 0 bridgehead atoms. The van der Waals surface area contributed by atoms with Crippen molar-refractivity contribution in [2.24, 2.45) is 0 Å². The smallest absolute Gasteiger partial charge is 0.192 e. The van der Waals surface area contributed by atoms with E-state index in [2.05, 4.69) is 2.51 Å². The summed E-state index contributed by atoms with van der Waals surface area (Å²) in [7, 11) is -7.54. The van der Waals surface area contributed by atoms with Crippen molar-refractivity contribution in [2.75, 3.05) is 0 Å². The maximum absolute atomic E-state index is 14.0. The Labute approximate surface area is 224 Å². The van der Waals surface area contributed by atoms with Crippen LogP contribution in [0.1, 0.15) is 26.3 Å². The molecule has 1 aromatic carbocycles. The van der Waals surface area contributed by atoms with E-state index in [4.69, 9.17) is 0 Å². The quantitative estimate of drug-likeness (QED) is 0.262. The Bertz CT molecular complexity index is 1170. The van der Waals surface area contributed by atoms with E-state index in [-0.39, 0.29) is 3.57 Å². The van der Waals surface area contributed by atoms with Crippen LogP contribution in [0.4, 0.5) is 74.6 Å². The maximum atomic E-state index is 14.0. The lowest BCUT2D eigenvalue weighted by molar-refractivity contribution is -0.838. The average Bonchev–Trinajstić information content (AvgIpc) is 2.75. The molecule has 1 aromatic rings. The summed E-state index contributed by atoms with van der Waals surface area (Å²) in [6.07, 6.45) is -7.89. The van der Waals surface area contributed by atoms with Crippen molar-refractivity contribution in [3.05, 3.63) is 33.4 Å². The van der Waals surface area contributed by atoms with Gasteiger partial charge in [0, 0.05) is 0 Å². The third-order valence-corrected chi connectivity index (χ3v) is 9.22. The molecule has 0 aromatic heterocycles. The van der Waals surface area contributed by atoms with Crippen LogP contribution in [-0.2, 0) is 18.0 Å². The number of benzene rings is 1. The zero-order valence-corrected chi connectivity index (χ0v) is 22.2. The molecule has 3 nitrogen and oxygen atoms in total. The Balaban J connectivity index is 3.51. The largest absolute Gasteiger partial charge is 0.540 e. The molecular formula is C18H13F17IO3S+. The Hall–Kier alpha value is -1.33. The maximum Gasteiger partial charge on any atom is 0.540 e. The summed E-state index contributed by atoms with van der Waals surface area (Å²) in [4.78, 5) is 0. The molecule has 0 saturated carbocycles. The fraction of sp³-hybridized carbons (Fsp3) is 0.667. The highest BCUT2D eigenvalue weighted by atomic mass is 127. The first-order chi connectivity index (χ1) is 17.2. The van der Waals surface area contributed by atoms with Gasteiger partial charge in [0.25, 0.3) is 0 Å². The van der Waals surface area contributed by atoms with Gasteiger partial charge in [-0.3, -0.25) is 0 Å². The molecule has 0 saturated heterocycles. The second kappa shape index (κ2) is 10.1. The first kappa shape index (κ1) is 36.7. The van der Waals surface area contributed by atoms with Gasteiger partial charge in [0.2, 0.25) is 3.57 Å². The average molecular weight is 759 g/mol. The molecule has 0 radical (unpaired) electrons. The van der Waals surface area contributed by atoms with Crippen molar-refractivity contribution in [3.63, 3.8) is 0 Å². The minimum atomic E-state index is -8.88. The van der Waals surface area contributed by atoms with Gasteiger partial charge in [0.1, 0.15) is 0 Å². The molecule has 40 heavy (non-hydrogen) atoms. The molecule has 0 heterocycles. The van der Waals surface area contributed by atoms with Crippen LogP contribution in [0.15, 0.2) is 24.3 Å². The van der Waals surface area contributed by atoms with E-state index >= 15 is 0 Å². The lowest BCUT2D eigenvalue weighted by Gasteiger charge is -2.42. The van der Waals surface area contributed by atoms with Crippen molar-refractivity contribution in [3.8, 4) is 0 Å². The molecule has 0 atom stereocenters. The molecule has 0 spiro atoms. The number of alkyl halides is 17. The third-order valence-electron chi connectivity index (χ3n) is 4.92. The normalized spacial score (nSPS) is 15.9. The monoisotopic (exact) mass is 759 g/mol. The molecule has 22 heteroatoms. The lowest BCUT2D eigenvalue weighted by atomic mass is 9.87. The van der Waals surface area contributed by atoms with E-state index in [9.17, 15) is 83.1 Å². The van der Waals surface area contributed by atoms with Gasteiger partial charge in [-0.1, -0.05) is 32.9 Å². The third kappa shape index (κ3) is 5.43. The van der Waals surface area contributed by atoms with E-state index < -0.39 is 84.1 Å². The van der Waals surface area contributed by atoms with E-state index in [1.165, 1.54) is 12.1 Å². The topological polar surface area (TPSA) is 43.4 Å². The van der Waals surface area contributed by atoms with Gasteiger partial charge in [-0.15, -0.1) is 0 Å². The molecule has 0 N–H and O–H groups in total. The summed E-state index contributed by atoms with van der Waals surface area (Å²) in [6, 6.07) is 4.44. The second-order valence-corrected chi connectivity index (χ2v) is 13.1. The first-order valence-electron chi connectivity index (χ1n) is 9.58. The Morgan fingerprint density at radius 3 is 1.20 bits per heavy atom. The van der Waals surface area contributed by atoms with Crippen molar-refractivity contribution < 1.29 is 107 Å². The molecule has 0 amide bonds. The number of hydrogen-bond acceptors (Lipinski definition) is 3. The van der Waals surface area contributed by atoms with Crippen molar-refractivity contribution in [2.45, 2.75) is 73.2 Å². The molecule has 0 unspecified atom stereocenters. The minimum absolute atomic E-state index is 0.355. The Kier molecular flexibility index (Phi) is 9.30. The van der Waals surface area contributed by atoms with Crippen LogP contribution >= 0.6 is 0 Å². The van der Waals surface area contributed by atoms with Crippen LogP contribution in [0.3, 0.4) is 0 Å². The predicted molar refractivity (Wildman–Crippen MR) is 94.5 cm³/mol. The van der Waals surface area contributed by atoms with Gasteiger partial charge < -0.3 is 0 Å². The Morgan fingerprint density at radius 1 is 0.550 bits per heavy atom. The summed E-state index contributed by atoms with van der Waals surface area (Å²) < 4.78 is 252. The molecule has 0 aliphatic carbocycles. The standard InChI is InChI=1S/C18H13F17IO3S/c1-10(2,3)8-4-6-9(7-5-8)36-39-40(37,38)18(34,35)16(29,30)14(25,26)12(21,22)11(19,20)13(23,24)15(27,28)17(31,32)33/h4-7H,1-3H3/q+1.